The summed E-state index contributed by atoms with van der Waals surface area (Å²) in [5.41, 5.74) is 1.78. The molecule has 0 aliphatic carbocycles. The summed E-state index contributed by atoms with van der Waals surface area (Å²) in [6, 6.07) is 5.71. The second-order valence-electron chi connectivity index (χ2n) is 6.46. The average Bonchev–Trinajstić information content (AvgIpc) is 3.22. The van der Waals surface area contributed by atoms with Gasteiger partial charge in [-0.15, -0.1) is 0 Å². The van der Waals surface area contributed by atoms with Gasteiger partial charge in [-0.05, 0) is 37.5 Å². The summed E-state index contributed by atoms with van der Waals surface area (Å²) in [7, 11) is 1.58. The van der Waals surface area contributed by atoms with Crippen LogP contribution in [0.25, 0.3) is 0 Å². The van der Waals surface area contributed by atoms with E-state index < -0.39 is 0 Å². The summed E-state index contributed by atoms with van der Waals surface area (Å²) in [6.07, 6.45) is 2.37. The number of carbonyl (C=O) groups excluding carboxylic acids is 2. The number of anilines is 1. The molecular formula is C18H24N2O4. The van der Waals surface area contributed by atoms with E-state index in [1.807, 2.05) is 25.1 Å². The number of ether oxygens (including phenoxy) is 2. The Labute approximate surface area is 142 Å². The van der Waals surface area contributed by atoms with Crippen molar-refractivity contribution in [2.75, 3.05) is 31.7 Å². The van der Waals surface area contributed by atoms with Gasteiger partial charge in [-0.2, -0.15) is 0 Å². The zero-order chi connectivity index (χ0) is 17.1. The van der Waals surface area contributed by atoms with Crippen LogP contribution in [0.5, 0.6) is 5.75 Å². The SMILES string of the molecule is COc1ccc(C)cc1N1C[C@@H](C(=O)NC[C@H]2CCCO2)CC1=O. The van der Waals surface area contributed by atoms with Crippen LogP contribution >= 0.6 is 0 Å². The molecule has 2 aliphatic rings. The summed E-state index contributed by atoms with van der Waals surface area (Å²) in [5.74, 6) is 0.197. The predicted octanol–water partition coefficient (Wildman–Crippen LogP) is 1.65. The number of methoxy groups -OCH3 is 1. The van der Waals surface area contributed by atoms with E-state index in [9.17, 15) is 9.59 Å². The van der Waals surface area contributed by atoms with Crippen LogP contribution in [-0.4, -0.2) is 44.7 Å². The third-order valence-electron chi connectivity index (χ3n) is 4.65. The van der Waals surface area contributed by atoms with Crippen LogP contribution in [0.4, 0.5) is 5.69 Å². The first-order valence-electron chi connectivity index (χ1n) is 8.43. The van der Waals surface area contributed by atoms with Gasteiger partial charge in [0.1, 0.15) is 5.75 Å². The van der Waals surface area contributed by atoms with E-state index in [4.69, 9.17) is 9.47 Å². The molecule has 2 saturated heterocycles. The van der Waals surface area contributed by atoms with Gasteiger partial charge >= 0.3 is 0 Å². The fourth-order valence-electron chi connectivity index (χ4n) is 3.29. The number of rotatable bonds is 5. The van der Waals surface area contributed by atoms with Crippen LogP contribution in [0.3, 0.4) is 0 Å². The Bertz CT molecular complexity index is 625. The molecule has 6 nitrogen and oxygen atoms in total. The van der Waals surface area contributed by atoms with Crippen molar-refractivity contribution in [2.24, 2.45) is 5.92 Å². The highest BCUT2D eigenvalue weighted by Crippen LogP contribution is 2.33. The highest BCUT2D eigenvalue weighted by atomic mass is 16.5. The largest absolute Gasteiger partial charge is 0.495 e. The van der Waals surface area contributed by atoms with Crippen molar-refractivity contribution in [3.63, 3.8) is 0 Å². The molecule has 2 heterocycles. The quantitative estimate of drug-likeness (QED) is 0.890. The molecule has 2 atom stereocenters. The van der Waals surface area contributed by atoms with Crippen LogP contribution in [0.1, 0.15) is 24.8 Å². The maximum absolute atomic E-state index is 12.4. The van der Waals surface area contributed by atoms with Crippen molar-refractivity contribution >= 4 is 17.5 Å². The molecule has 1 aromatic rings. The molecule has 2 aliphatic heterocycles. The fraction of sp³-hybridized carbons (Fsp3) is 0.556. The standard InChI is InChI=1S/C18H24N2O4/c1-12-5-6-16(23-2)15(8-12)20-11-13(9-17(20)21)18(22)19-10-14-4-3-7-24-14/h5-6,8,13-14H,3-4,7,9-11H2,1-2H3,(H,19,22)/t13-,14+/m0/s1. The van der Waals surface area contributed by atoms with Crippen molar-refractivity contribution in [2.45, 2.75) is 32.3 Å². The van der Waals surface area contributed by atoms with E-state index in [1.165, 1.54) is 0 Å². The topological polar surface area (TPSA) is 67.9 Å². The van der Waals surface area contributed by atoms with Gasteiger partial charge in [0.2, 0.25) is 11.8 Å². The molecule has 1 N–H and O–H groups in total. The number of amides is 2. The Kier molecular flexibility index (Phi) is 5.04. The number of aryl methyl sites for hydroxylation is 1. The van der Waals surface area contributed by atoms with Gasteiger partial charge < -0.3 is 19.7 Å². The van der Waals surface area contributed by atoms with Crippen LogP contribution in [0.2, 0.25) is 0 Å². The molecule has 2 amide bonds. The lowest BCUT2D eigenvalue weighted by atomic mass is 10.1. The highest BCUT2D eigenvalue weighted by Gasteiger charge is 2.36. The summed E-state index contributed by atoms with van der Waals surface area (Å²) in [4.78, 5) is 26.4. The van der Waals surface area contributed by atoms with Crippen molar-refractivity contribution in [3.8, 4) is 5.75 Å². The number of hydrogen-bond acceptors (Lipinski definition) is 4. The molecule has 24 heavy (non-hydrogen) atoms. The number of benzene rings is 1. The molecule has 0 unspecified atom stereocenters. The molecule has 1 aromatic carbocycles. The van der Waals surface area contributed by atoms with E-state index in [-0.39, 0.29) is 30.3 Å². The Hall–Kier alpha value is -2.08. The second-order valence-corrected chi connectivity index (χ2v) is 6.46. The summed E-state index contributed by atoms with van der Waals surface area (Å²) in [6.45, 7) is 3.64. The van der Waals surface area contributed by atoms with E-state index in [0.29, 0.717) is 18.8 Å². The molecule has 0 aromatic heterocycles. The van der Waals surface area contributed by atoms with Crippen molar-refractivity contribution in [3.05, 3.63) is 23.8 Å². The molecule has 0 saturated carbocycles. The van der Waals surface area contributed by atoms with Gasteiger partial charge in [-0.25, -0.2) is 0 Å². The number of nitrogens with one attached hydrogen (secondary N) is 1. The van der Waals surface area contributed by atoms with E-state index >= 15 is 0 Å². The Morgan fingerprint density at radius 2 is 2.29 bits per heavy atom. The van der Waals surface area contributed by atoms with Crippen molar-refractivity contribution < 1.29 is 19.1 Å². The van der Waals surface area contributed by atoms with E-state index in [0.717, 1.165) is 30.7 Å². The minimum absolute atomic E-state index is 0.0452. The Morgan fingerprint density at radius 3 is 3.00 bits per heavy atom. The Morgan fingerprint density at radius 1 is 1.46 bits per heavy atom. The zero-order valence-corrected chi connectivity index (χ0v) is 14.2. The monoisotopic (exact) mass is 332 g/mol. The van der Waals surface area contributed by atoms with Crippen LogP contribution in [0.15, 0.2) is 18.2 Å². The first-order chi connectivity index (χ1) is 11.6. The lowest BCUT2D eigenvalue weighted by Crippen LogP contribution is -2.37. The lowest BCUT2D eigenvalue weighted by molar-refractivity contribution is -0.126. The number of nitrogens with zero attached hydrogens (tertiary/aromatic N) is 1. The first kappa shape index (κ1) is 16.8. The minimum Gasteiger partial charge on any atom is -0.495 e. The van der Waals surface area contributed by atoms with Crippen LogP contribution < -0.4 is 15.0 Å². The minimum atomic E-state index is -0.330. The number of carbonyl (C=O) groups is 2. The fourth-order valence-corrected chi connectivity index (χ4v) is 3.29. The maximum atomic E-state index is 12.4. The molecule has 0 spiro atoms. The summed E-state index contributed by atoms with van der Waals surface area (Å²) in [5, 5.41) is 2.93. The van der Waals surface area contributed by atoms with Crippen molar-refractivity contribution in [1.29, 1.82) is 0 Å². The maximum Gasteiger partial charge on any atom is 0.227 e. The molecule has 3 rings (SSSR count). The van der Waals surface area contributed by atoms with Gasteiger partial charge in [0.25, 0.3) is 0 Å². The predicted molar refractivity (Wildman–Crippen MR) is 90.2 cm³/mol. The van der Waals surface area contributed by atoms with Gasteiger partial charge in [0.15, 0.2) is 0 Å². The molecule has 130 valence electrons. The number of hydrogen-bond donors (Lipinski definition) is 1. The van der Waals surface area contributed by atoms with Gasteiger partial charge in [-0.1, -0.05) is 6.07 Å². The zero-order valence-electron chi connectivity index (χ0n) is 14.2. The molecule has 2 fully saturated rings. The second kappa shape index (κ2) is 7.21. The average molecular weight is 332 g/mol. The van der Waals surface area contributed by atoms with Crippen molar-refractivity contribution in [1.82, 2.24) is 5.32 Å². The molecule has 0 bridgehead atoms. The first-order valence-corrected chi connectivity index (χ1v) is 8.43. The Balaban J connectivity index is 1.64. The van der Waals surface area contributed by atoms with Gasteiger partial charge in [0, 0.05) is 26.1 Å². The van der Waals surface area contributed by atoms with E-state index in [1.54, 1.807) is 12.0 Å². The third kappa shape index (κ3) is 3.53. The summed E-state index contributed by atoms with van der Waals surface area (Å²) >= 11 is 0. The highest BCUT2D eigenvalue weighted by molar-refractivity contribution is 6.01. The normalized spacial score (nSPS) is 23.6. The lowest BCUT2D eigenvalue weighted by Gasteiger charge is -2.20. The summed E-state index contributed by atoms with van der Waals surface area (Å²) < 4.78 is 10.9. The molecule has 0 radical (unpaired) electrons. The van der Waals surface area contributed by atoms with Gasteiger partial charge in [0.05, 0.1) is 24.8 Å². The molecule has 6 heteroatoms. The third-order valence-corrected chi connectivity index (χ3v) is 4.65. The van der Waals surface area contributed by atoms with E-state index in [2.05, 4.69) is 5.32 Å². The smallest absolute Gasteiger partial charge is 0.227 e. The van der Waals surface area contributed by atoms with Gasteiger partial charge in [-0.3, -0.25) is 9.59 Å². The molecular weight excluding hydrogens is 308 g/mol. The van der Waals surface area contributed by atoms with Crippen LogP contribution in [0, 0.1) is 12.8 Å². The van der Waals surface area contributed by atoms with Crippen LogP contribution in [-0.2, 0) is 14.3 Å².